The lowest BCUT2D eigenvalue weighted by atomic mass is 10.0. The highest BCUT2D eigenvalue weighted by atomic mass is 15.2. The van der Waals surface area contributed by atoms with Crippen molar-refractivity contribution in [3.63, 3.8) is 0 Å². The van der Waals surface area contributed by atoms with Gasteiger partial charge in [-0.3, -0.25) is 4.90 Å². The maximum atomic E-state index is 3.74. The normalized spacial score (nSPS) is 27.9. The Bertz CT molecular complexity index is 233. The number of nitrogens with zero attached hydrogens (tertiary/aromatic N) is 2. The number of likely N-dealkylation sites (N-methyl/N-ethyl adjacent to an activating group) is 1. The summed E-state index contributed by atoms with van der Waals surface area (Å²) in [5, 5.41) is 3.74. The van der Waals surface area contributed by atoms with Crippen molar-refractivity contribution in [2.45, 2.75) is 50.7 Å². The van der Waals surface area contributed by atoms with E-state index in [0.29, 0.717) is 0 Å². The molecule has 2 aliphatic rings. The van der Waals surface area contributed by atoms with Crippen LogP contribution in [-0.4, -0.2) is 61.2 Å². The lowest BCUT2D eigenvalue weighted by Gasteiger charge is -2.36. The van der Waals surface area contributed by atoms with Crippen LogP contribution in [0, 0.1) is 0 Å². The summed E-state index contributed by atoms with van der Waals surface area (Å²) < 4.78 is 0. The second-order valence-electron chi connectivity index (χ2n) is 6.37. The molecule has 0 amide bonds. The van der Waals surface area contributed by atoms with E-state index in [1.807, 2.05) is 0 Å². The van der Waals surface area contributed by atoms with Gasteiger partial charge in [-0.05, 0) is 53.8 Å². The van der Waals surface area contributed by atoms with Crippen molar-refractivity contribution in [3.05, 3.63) is 0 Å². The van der Waals surface area contributed by atoms with E-state index in [0.717, 1.165) is 12.1 Å². The van der Waals surface area contributed by atoms with Gasteiger partial charge in [0.1, 0.15) is 0 Å². The Labute approximate surface area is 100 Å². The summed E-state index contributed by atoms with van der Waals surface area (Å²) in [5.41, 5.74) is 0.286. The third-order valence-corrected chi connectivity index (χ3v) is 4.14. The molecule has 1 aliphatic heterocycles. The lowest BCUT2D eigenvalue weighted by Crippen LogP contribution is -2.48. The molecule has 1 saturated heterocycles. The molecule has 0 bridgehead atoms. The number of rotatable bonds is 5. The van der Waals surface area contributed by atoms with Gasteiger partial charge in [0.25, 0.3) is 0 Å². The maximum Gasteiger partial charge on any atom is 0.0274 e. The van der Waals surface area contributed by atoms with Crippen molar-refractivity contribution in [2.24, 2.45) is 0 Å². The number of hydrogen-bond donors (Lipinski definition) is 1. The van der Waals surface area contributed by atoms with E-state index in [1.54, 1.807) is 0 Å². The first-order valence-electron chi connectivity index (χ1n) is 6.63. The molecule has 0 aromatic rings. The fourth-order valence-electron chi connectivity index (χ4n) is 2.38. The molecular weight excluding hydrogens is 198 g/mol. The standard InChI is InChI=1S/C13H27N3/c1-13(2,15(3)4)10-16-8-7-12(9-16)14-11-5-6-11/h11-12,14H,5-10H2,1-4H3. The molecule has 1 saturated carbocycles. The zero-order chi connectivity index (χ0) is 11.8. The van der Waals surface area contributed by atoms with Gasteiger partial charge < -0.3 is 10.2 Å². The lowest BCUT2D eigenvalue weighted by molar-refractivity contribution is 0.132. The largest absolute Gasteiger partial charge is 0.310 e. The zero-order valence-electron chi connectivity index (χ0n) is 11.3. The minimum atomic E-state index is 0.286. The monoisotopic (exact) mass is 225 g/mol. The van der Waals surface area contributed by atoms with E-state index in [-0.39, 0.29) is 5.54 Å². The van der Waals surface area contributed by atoms with Gasteiger partial charge in [-0.25, -0.2) is 0 Å². The molecule has 0 aromatic carbocycles. The summed E-state index contributed by atoms with van der Waals surface area (Å²) in [5.74, 6) is 0. The average molecular weight is 225 g/mol. The van der Waals surface area contributed by atoms with Crippen molar-refractivity contribution in [2.75, 3.05) is 33.7 Å². The molecule has 1 unspecified atom stereocenters. The van der Waals surface area contributed by atoms with Crippen molar-refractivity contribution in [1.82, 2.24) is 15.1 Å². The van der Waals surface area contributed by atoms with Gasteiger partial charge in [-0.1, -0.05) is 0 Å². The van der Waals surface area contributed by atoms with E-state index in [2.05, 4.69) is 43.1 Å². The molecule has 3 nitrogen and oxygen atoms in total. The summed E-state index contributed by atoms with van der Waals surface area (Å²) in [7, 11) is 4.35. The van der Waals surface area contributed by atoms with Crippen LogP contribution in [0.3, 0.4) is 0 Å². The quantitative estimate of drug-likeness (QED) is 0.757. The molecule has 94 valence electrons. The van der Waals surface area contributed by atoms with E-state index >= 15 is 0 Å². The highest BCUT2D eigenvalue weighted by molar-refractivity contribution is 4.92. The molecule has 0 radical (unpaired) electrons. The predicted octanol–water partition coefficient (Wildman–Crippen LogP) is 1.15. The molecule has 1 atom stereocenters. The Hall–Kier alpha value is -0.120. The first-order valence-corrected chi connectivity index (χ1v) is 6.63. The van der Waals surface area contributed by atoms with Gasteiger partial charge in [-0.15, -0.1) is 0 Å². The predicted molar refractivity (Wildman–Crippen MR) is 68.8 cm³/mol. The SMILES string of the molecule is CN(C)C(C)(C)CN1CCC(NC2CC2)C1. The van der Waals surface area contributed by atoms with Crippen LogP contribution in [0.4, 0.5) is 0 Å². The minimum absolute atomic E-state index is 0.286. The molecule has 0 spiro atoms. The van der Waals surface area contributed by atoms with Gasteiger partial charge in [-0.2, -0.15) is 0 Å². The average Bonchev–Trinajstić information content (AvgIpc) is 2.87. The van der Waals surface area contributed by atoms with Crippen LogP contribution in [0.5, 0.6) is 0 Å². The molecule has 2 fully saturated rings. The van der Waals surface area contributed by atoms with Crippen LogP contribution in [0.15, 0.2) is 0 Å². The van der Waals surface area contributed by atoms with Gasteiger partial charge in [0.15, 0.2) is 0 Å². The van der Waals surface area contributed by atoms with Gasteiger partial charge in [0.05, 0.1) is 0 Å². The Balaban J connectivity index is 1.75. The molecule has 1 aliphatic carbocycles. The summed E-state index contributed by atoms with van der Waals surface area (Å²) in [6.45, 7) is 8.35. The minimum Gasteiger partial charge on any atom is -0.310 e. The van der Waals surface area contributed by atoms with Crippen molar-refractivity contribution in [3.8, 4) is 0 Å². The fraction of sp³-hybridized carbons (Fsp3) is 1.00. The molecule has 1 N–H and O–H groups in total. The molecule has 16 heavy (non-hydrogen) atoms. The third-order valence-electron chi connectivity index (χ3n) is 4.14. The number of nitrogens with one attached hydrogen (secondary N) is 1. The van der Waals surface area contributed by atoms with Crippen LogP contribution in [0.1, 0.15) is 33.1 Å². The maximum absolute atomic E-state index is 3.74. The van der Waals surface area contributed by atoms with Crippen LogP contribution in [-0.2, 0) is 0 Å². The van der Waals surface area contributed by atoms with Crippen LogP contribution in [0.25, 0.3) is 0 Å². The van der Waals surface area contributed by atoms with E-state index < -0.39 is 0 Å². The van der Waals surface area contributed by atoms with Gasteiger partial charge >= 0.3 is 0 Å². The van der Waals surface area contributed by atoms with Crippen LogP contribution >= 0.6 is 0 Å². The smallest absolute Gasteiger partial charge is 0.0274 e. The summed E-state index contributed by atoms with van der Waals surface area (Å²) in [6.07, 6.45) is 4.14. The fourth-order valence-corrected chi connectivity index (χ4v) is 2.38. The zero-order valence-corrected chi connectivity index (χ0v) is 11.3. The molecule has 0 aromatic heterocycles. The van der Waals surface area contributed by atoms with Crippen LogP contribution in [0.2, 0.25) is 0 Å². The van der Waals surface area contributed by atoms with E-state index in [4.69, 9.17) is 0 Å². The molecule has 3 heteroatoms. The second kappa shape index (κ2) is 4.63. The third kappa shape index (κ3) is 3.19. The van der Waals surface area contributed by atoms with Gasteiger partial charge in [0, 0.05) is 30.7 Å². The van der Waals surface area contributed by atoms with Crippen molar-refractivity contribution >= 4 is 0 Å². The topological polar surface area (TPSA) is 18.5 Å². The van der Waals surface area contributed by atoms with Gasteiger partial charge in [0.2, 0.25) is 0 Å². The molecule has 2 rings (SSSR count). The van der Waals surface area contributed by atoms with Crippen molar-refractivity contribution < 1.29 is 0 Å². The number of hydrogen-bond acceptors (Lipinski definition) is 3. The summed E-state index contributed by atoms with van der Waals surface area (Å²) >= 11 is 0. The highest BCUT2D eigenvalue weighted by Gasteiger charge is 2.32. The Morgan fingerprint density at radius 1 is 1.19 bits per heavy atom. The summed E-state index contributed by atoms with van der Waals surface area (Å²) in [6, 6.07) is 1.61. The Morgan fingerprint density at radius 3 is 2.44 bits per heavy atom. The Kier molecular flexibility index (Phi) is 3.57. The number of likely N-dealkylation sites (tertiary alicyclic amines) is 1. The second-order valence-corrected chi connectivity index (χ2v) is 6.37. The highest BCUT2D eigenvalue weighted by Crippen LogP contribution is 2.23. The Morgan fingerprint density at radius 2 is 1.88 bits per heavy atom. The first kappa shape index (κ1) is 12.3. The van der Waals surface area contributed by atoms with Crippen molar-refractivity contribution in [1.29, 1.82) is 0 Å². The van der Waals surface area contributed by atoms with E-state index in [1.165, 1.54) is 38.9 Å². The first-order chi connectivity index (χ1) is 7.47. The van der Waals surface area contributed by atoms with E-state index in [9.17, 15) is 0 Å². The summed E-state index contributed by atoms with van der Waals surface area (Å²) in [4.78, 5) is 4.94. The molecular formula is C13H27N3. The van der Waals surface area contributed by atoms with Crippen LogP contribution < -0.4 is 5.32 Å². The molecule has 1 heterocycles.